The van der Waals surface area contributed by atoms with Crippen molar-refractivity contribution in [2.45, 2.75) is 45.8 Å². The third kappa shape index (κ3) is 4.46. The highest BCUT2D eigenvalue weighted by Crippen LogP contribution is 2.32. The number of anilines is 2. The van der Waals surface area contributed by atoms with Gasteiger partial charge in [-0.1, -0.05) is 13.0 Å². The highest BCUT2D eigenvalue weighted by atomic mass is 16.6. The van der Waals surface area contributed by atoms with Crippen LogP contribution in [0.3, 0.4) is 0 Å². The lowest BCUT2D eigenvalue weighted by atomic mass is 9.96. The maximum Gasteiger partial charge on any atom is 0.410 e. The minimum Gasteiger partial charge on any atom is -0.444 e. The second-order valence-corrected chi connectivity index (χ2v) is 10.2. The Kier molecular flexibility index (Phi) is 5.71. The quantitative estimate of drug-likeness (QED) is 0.558. The number of piperazine rings is 1. The van der Waals surface area contributed by atoms with Gasteiger partial charge in [0, 0.05) is 45.2 Å². The smallest absolute Gasteiger partial charge is 0.410 e. The molecule has 0 aliphatic carbocycles. The van der Waals surface area contributed by atoms with Crippen LogP contribution in [0.15, 0.2) is 30.6 Å². The Bertz CT molecular complexity index is 1300. The lowest BCUT2D eigenvalue weighted by molar-refractivity contribution is 0.0240. The highest BCUT2D eigenvalue weighted by Gasteiger charge is 2.29. The summed E-state index contributed by atoms with van der Waals surface area (Å²) in [6, 6.07) is 10.1. The molecular weight excluding hydrogens is 444 g/mol. The highest BCUT2D eigenvalue weighted by molar-refractivity contribution is 5.68. The van der Waals surface area contributed by atoms with Crippen molar-refractivity contribution < 1.29 is 9.53 Å². The monoisotopic (exact) mass is 474 g/mol. The van der Waals surface area contributed by atoms with Crippen molar-refractivity contribution in [3.8, 4) is 6.07 Å². The number of amides is 1. The van der Waals surface area contributed by atoms with E-state index in [1.165, 1.54) is 11.9 Å². The van der Waals surface area contributed by atoms with Crippen molar-refractivity contribution in [3.63, 3.8) is 0 Å². The van der Waals surface area contributed by atoms with E-state index in [-0.39, 0.29) is 12.0 Å². The molecule has 0 radical (unpaired) electrons. The molecule has 5 rings (SSSR count). The zero-order valence-electron chi connectivity index (χ0n) is 20.6. The first kappa shape index (κ1) is 22.9. The molecule has 1 fully saturated rings. The molecule has 0 aromatic carbocycles. The summed E-state index contributed by atoms with van der Waals surface area (Å²) in [6.07, 6.45) is 1.23. The molecule has 1 saturated heterocycles. The summed E-state index contributed by atoms with van der Waals surface area (Å²) < 4.78 is 7.25. The van der Waals surface area contributed by atoms with Crippen molar-refractivity contribution in [2.24, 2.45) is 0 Å². The number of rotatable bonds is 2. The molecule has 0 saturated carbocycles. The second-order valence-electron chi connectivity index (χ2n) is 10.2. The van der Waals surface area contributed by atoms with Gasteiger partial charge in [0.05, 0.1) is 11.3 Å². The van der Waals surface area contributed by atoms with Crippen molar-refractivity contribution in [1.29, 1.82) is 5.26 Å². The molecule has 10 nitrogen and oxygen atoms in total. The molecule has 10 heteroatoms. The van der Waals surface area contributed by atoms with Crippen molar-refractivity contribution in [1.82, 2.24) is 24.5 Å². The minimum atomic E-state index is -0.490. The Morgan fingerprint density at radius 2 is 1.89 bits per heavy atom. The van der Waals surface area contributed by atoms with Gasteiger partial charge in [-0.25, -0.2) is 14.8 Å². The van der Waals surface area contributed by atoms with Gasteiger partial charge < -0.3 is 19.4 Å². The Morgan fingerprint density at radius 1 is 1.11 bits per heavy atom. The van der Waals surface area contributed by atoms with Crippen LogP contribution in [0.1, 0.15) is 50.4 Å². The molecule has 35 heavy (non-hydrogen) atoms. The van der Waals surface area contributed by atoms with E-state index in [1.54, 1.807) is 15.5 Å². The maximum atomic E-state index is 12.4. The first-order valence-electron chi connectivity index (χ1n) is 11.9. The number of aromatic nitrogens is 4. The average molecular weight is 475 g/mol. The second kappa shape index (κ2) is 8.73. The van der Waals surface area contributed by atoms with Crippen LogP contribution in [0.5, 0.6) is 0 Å². The van der Waals surface area contributed by atoms with Gasteiger partial charge in [0.1, 0.15) is 29.6 Å². The summed E-state index contributed by atoms with van der Waals surface area (Å²) in [5, 5.41) is 13.7. The van der Waals surface area contributed by atoms with E-state index in [4.69, 9.17) is 9.72 Å². The van der Waals surface area contributed by atoms with E-state index in [2.05, 4.69) is 45.0 Å². The van der Waals surface area contributed by atoms with E-state index >= 15 is 0 Å². The van der Waals surface area contributed by atoms with E-state index in [1.807, 2.05) is 26.8 Å². The number of carbonyl (C=O) groups is 1. The van der Waals surface area contributed by atoms with Gasteiger partial charge in [-0.15, -0.1) is 0 Å². The Morgan fingerprint density at radius 3 is 2.60 bits per heavy atom. The fourth-order valence-electron chi connectivity index (χ4n) is 4.76. The molecule has 2 aliphatic rings. The van der Waals surface area contributed by atoms with Crippen molar-refractivity contribution in [2.75, 3.05) is 42.5 Å². The molecule has 1 amide bonds. The summed E-state index contributed by atoms with van der Waals surface area (Å²) in [4.78, 5) is 27.9. The van der Waals surface area contributed by atoms with Crippen LogP contribution in [0.4, 0.5) is 16.4 Å². The van der Waals surface area contributed by atoms with Gasteiger partial charge in [0.2, 0.25) is 0 Å². The third-order valence-corrected chi connectivity index (χ3v) is 6.42. The summed E-state index contributed by atoms with van der Waals surface area (Å²) in [5.74, 6) is 2.08. The predicted molar refractivity (Wildman–Crippen MR) is 131 cm³/mol. The molecular formula is C25H30N8O2. The third-order valence-electron chi connectivity index (χ3n) is 6.42. The molecule has 3 aromatic heterocycles. The van der Waals surface area contributed by atoms with Crippen LogP contribution in [-0.2, 0) is 11.3 Å². The van der Waals surface area contributed by atoms with Crippen LogP contribution in [0.25, 0.3) is 5.65 Å². The molecule has 182 valence electrons. The van der Waals surface area contributed by atoms with E-state index < -0.39 is 5.60 Å². The number of carbonyl (C=O) groups excluding carboxylic acids is 1. The zero-order chi connectivity index (χ0) is 24.7. The lowest BCUT2D eigenvalue weighted by Gasteiger charge is -2.37. The van der Waals surface area contributed by atoms with Gasteiger partial charge in [0.15, 0.2) is 5.65 Å². The number of nitriles is 1. The Hall–Kier alpha value is -3.87. The normalized spacial score (nSPS) is 18.4. The molecule has 0 bridgehead atoms. The summed E-state index contributed by atoms with van der Waals surface area (Å²) in [7, 11) is 0. The number of ether oxygens (including phenoxy) is 1. The van der Waals surface area contributed by atoms with E-state index in [9.17, 15) is 10.1 Å². The molecule has 0 N–H and O–H groups in total. The number of pyridine rings is 2. The van der Waals surface area contributed by atoms with E-state index in [0.717, 1.165) is 37.0 Å². The topological polar surface area (TPSA) is 103 Å². The number of hydrogen-bond donors (Lipinski definition) is 0. The van der Waals surface area contributed by atoms with Crippen LogP contribution in [-0.4, -0.2) is 68.9 Å². The Labute approximate surface area is 204 Å². The summed E-state index contributed by atoms with van der Waals surface area (Å²) in [5.41, 5.74) is 2.88. The van der Waals surface area contributed by atoms with Gasteiger partial charge >= 0.3 is 6.09 Å². The van der Waals surface area contributed by atoms with Crippen LogP contribution < -0.4 is 9.80 Å². The SMILES string of the molecule is CC1CN(c2ccc(C#N)c3ncnn23)Cc2ccc(N3CCN(C(=O)OC(C)(C)C)CC3)nc21. The van der Waals surface area contributed by atoms with Gasteiger partial charge in [-0.2, -0.15) is 14.9 Å². The molecule has 1 unspecified atom stereocenters. The minimum absolute atomic E-state index is 0.218. The Balaban J connectivity index is 1.31. The molecule has 5 heterocycles. The van der Waals surface area contributed by atoms with E-state index in [0.29, 0.717) is 30.8 Å². The lowest BCUT2D eigenvalue weighted by Crippen LogP contribution is -2.50. The maximum absolute atomic E-state index is 12.4. The van der Waals surface area contributed by atoms with Gasteiger partial charge in [0.25, 0.3) is 0 Å². The van der Waals surface area contributed by atoms with Gasteiger partial charge in [-0.3, -0.25) is 0 Å². The first-order chi connectivity index (χ1) is 16.7. The summed E-state index contributed by atoms with van der Waals surface area (Å²) >= 11 is 0. The number of hydrogen-bond acceptors (Lipinski definition) is 8. The van der Waals surface area contributed by atoms with Crippen molar-refractivity contribution in [3.05, 3.63) is 47.4 Å². The molecule has 2 aliphatic heterocycles. The molecule has 3 aromatic rings. The molecule has 0 spiro atoms. The fourth-order valence-corrected chi connectivity index (χ4v) is 4.76. The first-order valence-corrected chi connectivity index (χ1v) is 11.9. The zero-order valence-corrected chi connectivity index (χ0v) is 20.6. The molecule has 1 atom stereocenters. The average Bonchev–Trinajstić information content (AvgIpc) is 3.32. The predicted octanol–water partition coefficient (Wildman–Crippen LogP) is 3.18. The number of fused-ring (bicyclic) bond motifs is 2. The fraction of sp³-hybridized carbons (Fsp3) is 0.480. The van der Waals surface area contributed by atoms with Crippen LogP contribution >= 0.6 is 0 Å². The van der Waals surface area contributed by atoms with Crippen LogP contribution in [0.2, 0.25) is 0 Å². The van der Waals surface area contributed by atoms with Crippen LogP contribution in [0, 0.1) is 11.3 Å². The van der Waals surface area contributed by atoms with Crippen molar-refractivity contribution >= 4 is 23.4 Å². The van der Waals surface area contributed by atoms with Gasteiger partial charge in [-0.05, 0) is 44.5 Å². The standard InChI is InChI=1S/C25H30N8O2/c1-17-14-32(21-8-6-18(13-26)23-27-16-28-33(21)23)15-19-5-7-20(29-22(17)19)30-9-11-31(12-10-30)24(34)35-25(2,3)4/h5-8,16-17H,9-12,14-15H2,1-4H3. The largest absolute Gasteiger partial charge is 0.444 e. The number of nitrogens with zero attached hydrogens (tertiary/aromatic N) is 8. The summed E-state index contributed by atoms with van der Waals surface area (Å²) in [6.45, 7) is 12.0.